The van der Waals surface area contributed by atoms with Crippen molar-refractivity contribution in [1.82, 2.24) is 4.90 Å². The molecule has 2 aliphatic heterocycles. The molecule has 0 aliphatic carbocycles. The highest BCUT2D eigenvalue weighted by Crippen LogP contribution is 2.44. The summed E-state index contributed by atoms with van der Waals surface area (Å²) in [7, 11) is 0. The first-order valence-corrected chi connectivity index (χ1v) is 12.3. The fourth-order valence-corrected chi connectivity index (χ4v) is 4.64. The lowest BCUT2D eigenvalue weighted by Gasteiger charge is -2.45. The van der Waals surface area contributed by atoms with E-state index in [9.17, 15) is 14.7 Å². The normalized spacial score (nSPS) is 19.6. The second-order valence-electron chi connectivity index (χ2n) is 11.0. The van der Waals surface area contributed by atoms with Gasteiger partial charge in [-0.2, -0.15) is 0 Å². The summed E-state index contributed by atoms with van der Waals surface area (Å²) in [6.45, 7) is 13.9. The van der Waals surface area contributed by atoms with Crippen LogP contribution in [0.15, 0.2) is 24.3 Å². The molecular weight excluding hydrogens is 460 g/mol. The molecule has 2 aromatic rings. The van der Waals surface area contributed by atoms with Crippen LogP contribution in [0.1, 0.15) is 56.4 Å². The molecule has 2 aromatic carbocycles. The van der Waals surface area contributed by atoms with E-state index in [0.29, 0.717) is 43.1 Å². The lowest BCUT2D eigenvalue weighted by molar-refractivity contribution is -0.157. The molecule has 0 radical (unpaired) electrons. The van der Waals surface area contributed by atoms with Crippen molar-refractivity contribution < 1.29 is 28.9 Å². The van der Waals surface area contributed by atoms with Gasteiger partial charge in [-0.1, -0.05) is 0 Å². The number of hydrogen-bond acceptors (Lipinski definition) is 6. The Morgan fingerprint density at radius 2 is 1.72 bits per heavy atom. The summed E-state index contributed by atoms with van der Waals surface area (Å²) in [5.74, 6) is 1.64. The highest BCUT2D eigenvalue weighted by atomic mass is 16.6. The number of aromatic hydroxyl groups is 1. The Labute approximate surface area is 212 Å². The van der Waals surface area contributed by atoms with E-state index in [-0.39, 0.29) is 12.0 Å². The number of carbonyl (C=O) groups is 2. The number of benzene rings is 2. The molecule has 2 aliphatic rings. The number of phenols is 1. The zero-order valence-corrected chi connectivity index (χ0v) is 22.2. The smallest absolute Gasteiger partial charge is 0.412 e. The molecule has 36 heavy (non-hydrogen) atoms. The number of anilines is 1. The maximum absolute atomic E-state index is 13.3. The van der Waals surface area contributed by atoms with Gasteiger partial charge in [0.05, 0.1) is 13.1 Å². The summed E-state index contributed by atoms with van der Waals surface area (Å²) in [5, 5.41) is 13.1. The Hall–Kier alpha value is -3.42. The third-order valence-corrected chi connectivity index (χ3v) is 6.91. The van der Waals surface area contributed by atoms with Crippen LogP contribution in [0.4, 0.5) is 10.5 Å². The second-order valence-corrected chi connectivity index (χ2v) is 11.0. The number of hydrogen-bond donors (Lipinski definition) is 2. The first kappa shape index (κ1) is 25.7. The topological polar surface area (TPSA) is 97.3 Å². The molecule has 2 N–H and O–H groups in total. The van der Waals surface area contributed by atoms with Crippen molar-refractivity contribution in [2.45, 2.75) is 78.6 Å². The largest absolute Gasteiger partial charge is 0.507 e. The van der Waals surface area contributed by atoms with E-state index in [0.717, 1.165) is 28.0 Å². The number of likely N-dealkylation sites (tertiary alicyclic amines) is 1. The minimum Gasteiger partial charge on any atom is -0.507 e. The minimum absolute atomic E-state index is 0.0484. The molecule has 2 heterocycles. The van der Waals surface area contributed by atoms with Crippen LogP contribution >= 0.6 is 0 Å². The Balaban J connectivity index is 1.32. The molecule has 1 fully saturated rings. The van der Waals surface area contributed by atoms with Crippen LogP contribution < -0.4 is 14.8 Å². The molecule has 1 saturated heterocycles. The Morgan fingerprint density at radius 1 is 1.08 bits per heavy atom. The molecule has 0 bridgehead atoms. The molecule has 8 nitrogen and oxygen atoms in total. The Bertz CT molecular complexity index is 1180. The van der Waals surface area contributed by atoms with Gasteiger partial charge in [0.25, 0.3) is 5.91 Å². The molecule has 0 aromatic heterocycles. The number of nitrogens with zero attached hydrogens (tertiary/aromatic N) is 1. The summed E-state index contributed by atoms with van der Waals surface area (Å²) in [6, 6.07) is 7.06. The van der Waals surface area contributed by atoms with Crippen molar-refractivity contribution in [3.8, 4) is 17.2 Å². The van der Waals surface area contributed by atoms with Crippen molar-refractivity contribution in [3.05, 3.63) is 46.5 Å². The summed E-state index contributed by atoms with van der Waals surface area (Å²) >= 11 is 0. The minimum atomic E-state index is -0.951. The molecule has 0 spiro atoms. The first-order valence-electron chi connectivity index (χ1n) is 12.3. The third-order valence-electron chi connectivity index (χ3n) is 6.91. The lowest BCUT2D eigenvalue weighted by Crippen LogP contribution is -2.63. The zero-order valence-electron chi connectivity index (χ0n) is 22.2. The quantitative estimate of drug-likeness (QED) is 0.616. The highest BCUT2D eigenvalue weighted by molar-refractivity contribution is 5.87. The number of nitrogens with one attached hydrogen (secondary N) is 1. The number of rotatable bonds is 4. The summed E-state index contributed by atoms with van der Waals surface area (Å²) in [6.07, 6.45) is 0.606. The van der Waals surface area contributed by atoms with Crippen molar-refractivity contribution >= 4 is 17.7 Å². The highest BCUT2D eigenvalue weighted by Gasteiger charge is 2.46. The third kappa shape index (κ3) is 5.08. The van der Waals surface area contributed by atoms with E-state index in [4.69, 9.17) is 14.2 Å². The number of ether oxygens (including phenoxy) is 3. The Kier molecular flexibility index (Phi) is 6.58. The van der Waals surface area contributed by atoms with Gasteiger partial charge < -0.3 is 24.2 Å². The van der Waals surface area contributed by atoms with Crippen molar-refractivity contribution in [3.63, 3.8) is 0 Å². The SMILES string of the molecule is Cc1c(C)c2c(c(C)c1O)CCC(C)(C(=O)N1CC(Oc3ccc(NC(=O)OC(C)(C)C)cc3)C1)O2. The molecule has 194 valence electrons. The molecule has 1 unspecified atom stereocenters. The van der Waals surface area contributed by atoms with Gasteiger partial charge in [0.2, 0.25) is 0 Å². The number of amides is 2. The fourth-order valence-electron chi connectivity index (χ4n) is 4.64. The monoisotopic (exact) mass is 496 g/mol. The van der Waals surface area contributed by atoms with E-state index in [2.05, 4.69) is 5.32 Å². The molecule has 8 heteroatoms. The summed E-state index contributed by atoms with van der Waals surface area (Å²) < 4.78 is 17.6. The number of carbonyl (C=O) groups excluding carboxylic acids is 2. The van der Waals surface area contributed by atoms with E-state index >= 15 is 0 Å². The van der Waals surface area contributed by atoms with Crippen LogP contribution in [0, 0.1) is 20.8 Å². The fraction of sp³-hybridized carbons (Fsp3) is 0.500. The van der Waals surface area contributed by atoms with Gasteiger partial charge in [0.1, 0.15) is 29.0 Å². The average molecular weight is 497 g/mol. The maximum Gasteiger partial charge on any atom is 0.412 e. The summed E-state index contributed by atoms with van der Waals surface area (Å²) in [5.41, 5.74) is 2.56. The molecule has 1 atom stereocenters. The van der Waals surface area contributed by atoms with Crippen LogP contribution in [-0.4, -0.2) is 52.4 Å². The van der Waals surface area contributed by atoms with Crippen LogP contribution in [0.2, 0.25) is 0 Å². The van der Waals surface area contributed by atoms with Crippen LogP contribution in [0.3, 0.4) is 0 Å². The average Bonchev–Trinajstić information content (AvgIpc) is 2.77. The molecule has 2 amide bonds. The molecule has 0 saturated carbocycles. The van der Waals surface area contributed by atoms with Crippen LogP contribution in [0.25, 0.3) is 0 Å². The van der Waals surface area contributed by atoms with E-state index < -0.39 is 17.3 Å². The van der Waals surface area contributed by atoms with Crippen LogP contribution in [-0.2, 0) is 16.0 Å². The predicted octanol–water partition coefficient (Wildman–Crippen LogP) is 5.04. The summed E-state index contributed by atoms with van der Waals surface area (Å²) in [4.78, 5) is 27.0. The lowest BCUT2D eigenvalue weighted by atomic mass is 9.86. The van der Waals surface area contributed by atoms with Crippen molar-refractivity contribution in [2.24, 2.45) is 0 Å². The van der Waals surface area contributed by atoms with Gasteiger partial charge in [0.15, 0.2) is 5.60 Å². The van der Waals surface area contributed by atoms with Gasteiger partial charge in [-0.25, -0.2) is 4.79 Å². The van der Waals surface area contributed by atoms with Crippen LogP contribution in [0.5, 0.6) is 17.2 Å². The van der Waals surface area contributed by atoms with Gasteiger partial charge in [-0.15, -0.1) is 0 Å². The van der Waals surface area contributed by atoms with Crippen molar-refractivity contribution in [1.29, 1.82) is 0 Å². The van der Waals surface area contributed by atoms with E-state index in [1.807, 2.05) is 48.5 Å². The van der Waals surface area contributed by atoms with Crippen molar-refractivity contribution in [2.75, 3.05) is 18.4 Å². The van der Waals surface area contributed by atoms with Gasteiger partial charge in [-0.05, 0) is 95.8 Å². The number of phenolic OH excluding ortho intramolecular Hbond substituents is 1. The predicted molar refractivity (Wildman–Crippen MR) is 137 cm³/mol. The van der Waals surface area contributed by atoms with Gasteiger partial charge >= 0.3 is 6.09 Å². The van der Waals surface area contributed by atoms with E-state index in [1.165, 1.54) is 0 Å². The number of fused-ring (bicyclic) bond motifs is 1. The standard InChI is InChI=1S/C28H36N2O6/c1-16-17(2)24-22(18(3)23(16)31)12-13-28(7,35-24)25(32)30-14-21(15-30)34-20-10-8-19(9-11-20)29-26(33)36-27(4,5)6/h8-11,21,31H,12-15H2,1-7H3,(H,29,33). The first-order chi connectivity index (χ1) is 16.8. The van der Waals surface area contributed by atoms with E-state index in [1.54, 1.807) is 29.2 Å². The second kappa shape index (κ2) is 9.22. The van der Waals surface area contributed by atoms with Gasteiger partial charge in [-0.3, -0.25) is 10.1 Å². The maximum atomic E-state index is 13.3. The molecular formula is C28H36N2O6. The molecule has 4 rings (SSSR count). The zero-order chi connectivity index (χ0) is 26.4. The van der Waals surface area contributed by atoms with Gasteiger partial charge in [0, 0.05) is 17.7 Å². The Morgan fingerprint density at radius 3 is 2.33 bits per heavy atom.